The Bertz CT molecular complexity index is 641. The van der Waals surface area contributed by atoms with Crippen molar-refractivity contribution in [2.24, 2.45) is 20.0 Å². The van der Waals surface area contributed by atoms with Crippen LogP contribution in [0.2, 0.25) is 0 Å². The molecule has 3 rings (SSSR count). The molecule has 0 amide bonds. The third-order valence-electron chi connectivity index (χ3n) is 3.76. The highest BCUT2D eigenvalue weighted by molar-refractivity contribution is 5.71. The number of carboxylic acid groups (broad SMARTS) is 1. The normalized spacial score (nSPS) is 18.3. The lowest BCUT2D eigenvalue weighted by atomic mass is 9.90. The highest BCUT2D eigenvalue weighted by Gasteiger charge is 2.28. The number of aliphatic carboxylic acids is 1. The number of hydrogen-bond acceptors (Lipinski definition) is 3. The van der Waals surface area contributed by atoms with Crippen LogP contribution in [0.3, 0.4) is 0 Å². The zero-order chi connectivity index (χ0) is 13.6. The molecule has 1 aliphatic carbocycles. The molecule has 0 bridgehead atoms. The van der Waals surface area contributed by atoms with E-state index in [0.717, 1.165) is 29.3 Å². The minimum absolute atomic E-state index is 0.306. The molecule has 0 saturated heterocycles. The summed E-state index contributed by atoms with van der Waals surface area (Å²) in [6.45, 7) is 0. The molecule has 0 radical (unpaired) electrons. The number of fused-ring (bicyclic) bond motifs is 1. The van der Waals surface area contributed by atoms with Crippen LogP contribution in [0.5, 0.6) is 0 Å². The van der Waals surface area contributed by atoms with E-state index >= 15 is 0 Å². The number of hydrogen-bond donors (Lipinski definition) is 1. The van der Waals surface area contributed by atoms with Gasteiger partial charge in [0.2, 0.25) is 0 Å². The lowest BCUT2D eigenvalue weighted by Crippen LogP contribution is -2.22. The largest absolute Gasteiger partial charge is 0.481 e. The minimum atomic E-state index is -0.726. The number of rotatable bonds is 2. The molecule has 6 heteroatoms. The van der Waals surface area contributed by atoms with E-state index in [2.05, 4.69) is 10.1 Å². The number of aromatic nitrogens is 4. The van der Waals surface area contributed by atoms with Gasteiger partial charge in [-0.2, -0.15) is 5.10 Å². The molecule has 2 aromatic heterocycles. The molecule has 2 aromatic rings. The third-order valence-corrected chi connectivity index (χ3v) is 3.76. The number of imidazole rings is 1. The Morgan fingerprint density at radius 1 is 1.47 bits per heavy atom. The highest BCUT2D eigenvalue weighted by Crippen LogP contribution is 2.28. The molecule has 19 heavy (non-hydrogen) atoms. The second-order valence-corrected chi connectivity index (χ2v) is 5.04. The van der Waals surface area contributed by atoms with Gasteiger partial charge in [-0.3, -0.25) is 9.48 Å². The molecule has 0 aliphatic heterocycles. The monoisotopic (exact) mass is 260 g/mol. The van der Waals surface area contributed by atoms with E-state index < -0.39 is 5.97 Å². The van der Waals surface area contributed by atoms with Gasteiger partial charge in [-0.1, -0.05) is 0 Å². The van der Waals surface area contributed by atoms with Crippen LogP contribution in [0.25, 0.3) is 11.5 Å². The van der Waals surface area contributed by atoms with Gasteiger partial charge in [0, 0.05) is 32.4 Å². The van der Waals surface area contributed by atoms with Crippen LogP contribution < -0.4 is 0 Å². The molecular formula is C13H16N4O2. The van der Waals surface area contributed by atoms with Gasteiger partial charge in [0.05, 0.1) is 11.6 Å². The van der Waals surface area contributed by atoms with E-state index in [1.807, 2.05) is 30.9 Å². The van der Waals surface area contributed by atoms with E-state index in [0.29, 0.717) is 12.8 Å². The lowest BCUT2D eigenvalue weighted by molar-refractivity contribution is -0.142. The smallest absolute Gasteiger partial charge is 0.306 e. The molecule has 0 spiro atoms. The van der Waals surface area contributed by atoms with Crippen LogP contribution in [0.15, 0.2) is 12.3 Å². The average Bonchev–Trinajstić information content (AvgIpc) is 2.93. The van der Waals surface area contributed by atoms with Gasteiger partial charge in [-0.15, -0.1) is 0 Å². The van der Waals surface area contributed by atoms with Crippen molar-refractivity contribution in [3.05, 3.63) is 23.7 Å². The van der Waals surface area contributed by atoms with E-state index in [-0.39, 0.29) is 5.92 Å². The maximum absolute atomic E-state index is 11.1. The predicted molar refractivity (Wildman–Crippen MR) is 68.6 cm³/mol. The van der Waals surface area contributed by atoms with Gasteiger partial charge in [0.1, 0.15) is 5.69 Å². The van der Waals surface area contributed by atoms with Crippen molar-refractivity contribution < 1.29 is 9.90 Å². The van der Waals surface area contributed by atoms with Crippen LogP contribution in [0.1, 0.15) is 17.8 Å². The number of carbonyl (C=O) groups is 1. The van der Waals surface area contributed by atoms with Crippen LogP contribution in [0.4, 0.5) is 0 Å². The Morgan fingerprint density at radius 3 is 2.89 bits per heavy atom. The molecule has 1 aliphatic rings. The Labute approximate surface area is 110 Å². The molecule has 1 N–H and O–H groups in total. The van der Waals surface area contributed by atoms with Crippen molar-refractivity contribution in [2.45, 2.75) is 19.3 Å². The van der Waals surface area contributed by atoms with Gasteiger partial charge < -0.3 is 9.67 Å². The maximum atomic E-state index is 11.1. The van der Waals surface area contributed by atoms with E-state index in [1.165, 1.54) is 0 Å². The fourth-order valence-corrected chi connectivity index (χ4v) is 2.68. The van der Waals surface area contributed by atoms with E-state index in [1.54, 1.807) is 4.68 Å². The number of aryl methyl sites for hydroxylation is 1. The summed E-state index contributed by atoms with van der Waals surface area (Å²) in [6.07, 6.45) is 3.85. The number of nitrogens with zero attached hydrogens (tertiary/aromatic N) is 4. The van der Waals surface area contributed by atoms with Crippen LogP contribution >= 0.6 is 0 Å². The summed E-state index contributed by atoms with van der Waals surface area (Å²) < 4.78 is 3.78. The van der Waals surface area contributed by atoms with Crippen molar-refractivity contribution in [2.75, 3.05) is 0 Å². The topological polar surface area (TPSA) is 72.9 Å². The highest BCUT2D eigenvalue weighted by atomic mass is 16.4. The van der Waals surface area contributed by atoms with Crippen molar-refractivity contribution in [3.8, 4) is 11.5 Å². The molecule has 1 atom stereocenters. The average molecular weight is 260 g/mol. The zero-order valence-electron chi connectivity index (χ0n) is 11.0. The predicted octanol–water partition coefficient (Wildman–Crippen LogP) is 1.01. The first kappa shape index (κ1) is 12.0. The molecule has 0 aromatic carbocycles. The molecule has 6 nitrogen and oxygen atoms in total. The fraction of sp³-hybridized carbons (Fsp3) is 0.462. The first-order chi connectivity index (χ1) is 9.06. The van der Waals surface area contributed by atoms with E-state index in [9.17, 15) is 4.79 Å². The molecule has 0 fully saturated rings. The van der Waals surface area contributed by atoms with Crippen LogP contribution in [-0.2, 0) is 31.7 Å². The Hall–Kier alpha value is -2.11. The Balaban J connectivity index is 2.00. The zero-order valence-corrected chi connectivity index (χ0v) is 11.0. The summed E-state index contributed by atoms with van der Waals surface area (Å²) in [6, 6.07) is 1.92. The summed E-state index contributed by atoms with van der Waals surface area (Å²) in [4.78, 5) is 15.7. The van der Waals surface area contributed by atoms with Crippen LogP contribution in [0, 0.1) is 5.92 Å². The van der Waals surface area contributed by atoms with E-state index in [4.69, 9.17) is 5.11 Å². The van der Waals surface area contributed by atoms with Gasteiger partial charge in [0.25, 0.3) is 0 Å². The molecule has 2 heterocycles. The molecular weight excluding hydrogens is 244 g/mol. The van der Waals surface area contributed by atoms with Gasteiger partial charge in [0.15, 0.2) is 5.82 Å². The summed E-state index contributed by atoms with van der Waals surface area (Å²) in [5, 5.41) is 13.5. The second-order valence-electron chi connectivity index (χ2n) is 5.04. The van der Waals surface area contributed by atoms with Gasteiger partial charge in [-0.05, 0) is 18.9 Å². The third kappa shape index (κ3) is 1.93. The van der Waals surface area contributed by atoms with Crippen molar-refractivity contribution >= 4 is 5.97 Å². The lowest BCUT2D eigenvalue weighted by Gasteiger charge is -2.18. The molecule has 100 valence electrons. The standard InChI is InChI=1S/C13H16N4O2/c1-16-6-5-9(15-16)12-14-10-7-8(13(18)19)3-4-11(10)17(12)2/h5-6,8H,3-4,7H2,1-2H3,(H,18,19). The summed E-state index contributed by atoms with van der Waals surface area (Å²) in [5.41, 5.74) is 2.87. The second kappa shape index (κ2) is 4.22. The fourth-order valence-electron chi connectivity index (χ4n) is 2.68. The SMILES string of the molecule is Cn1ccc(-c2nc3c(n2C)CCC(C(=O)O)C3)n1. The van der Waals surface area contributed by atoms with Crippen molar-refractivity contribution in [1.29, 1.82) is 0 Å². The van der Waals surface area contributed by atoms with Crippen LogP contribution in [-0.4, -0.2) is 30.4 Å². The number of carboxylic acids is 1. The summed E-state index contributed by atoms with van der Waals surface area (Å²) in [5.74, 6) is -0.216. The first-order valence-corrected chi connectivity index (χ1v) is 6.33. The minimum Gasteiger partial charge on any atom is -0.481 e. The quantitative estimate of drug-likeness (QED) is 0.874. The Morgan fingerprint density at radius 2 is 2.26 bits per heavy atom. The summed E-state index contributed by atoms with van der Waals surface area (Å²) in [7, 11) is 3.84. The summed E-state index contributed by atoms with van der Waals surface area (Å²) >= 11 is 0. The van der Waals surface area contributed by atoms with Gasteiger partial charge in [-0.25, -0.2) is 4.98 Å². The maximum Gasteiger partial charge on any atom is 0.306 e. The first-order valence-electron chi connectivity index (χ1n) is 6.33. The Kier molecular flexibility index (Phi) is 2.66. The van der Waals surface area contributed by atoms with Gasteiger partial charge >= 0.3 is 5.97 Å². The molecule has 0 saturated carbocycles. The van der Waals surface area contributed by atoms with Crippen molar-refractivity contribution in [1.82, 2.24) is 19.3 Å². The molecule has 1 unspecified atom stereocenters. The van der Waals surface area contributed by atoms with Crippen molar-refractivity contribution in [3.63, 3.8) is 0 Å².